The molecule has 1 aliphatic heterocycles. The van der Waals surface area contributed by atoms with Gasteiger partial charge in [-0.2, -0.15) is 0 Å². The first kappa shape index (κ1) is 27.7. The van der Waals surface area contributed by atoms with Crippen LogP contribution in [-0.4, -0.2) is 46.1 Å². The number of hydrogen-bond acceptors (Lipinski definition) is 6. The van der Waals surface area contributed by atoms with Gasteiger partial charge in [-0.1, -0.05) is 24.3 Å². The van der Waals surface area contributed by atoms with Gasteiger partial charge in [0.15, 0.2) is 0 Å². The number of carbonyl (C=O) groups is 2. The Morgan fingerprint density at radius 3 is 2.29 bits per heavy atom. The molecule has 1 saturated heterocycles. The van der Waals surface area contributed by atoms with E-state index < -0.39 is 23.0 Å². The Labute approximate surface area is 227 Å². The molecule has 1 aromatic heterocycles. The third-order valence-corrected chi connectivity index (χ3v) is 7.82. The standard InChI is InChI=1S/C29H35FN4O3S/c1-28(2,3)37-26(35)29(4,5)34-16-14-20(15-17-34)25-31-18-24(38-25)19-10-12-21(13-11-19)32-27(36)33-23-9-7-6-8-22(23)30/h6-13,18,20H,14-17H2,1-5H3,(H2,32,33,36). The monoisotopic (exact) mass is 538 g/mol. The summed E-state index contributed by atoms with van der Waals surface area (Å²) in [6.07, 6.45) is 3.75. The van der Waals surface area contributed by atoms with Crippen LogP contribution in [0.3, 0.4) is 0 Å². The minimum atomic E-state index is -0.672. The summed E-state index contributed by atoms with van der Waals surface area (Å²) in [5, 5.41) is 6.33. The summed E-state index contributed by atoms with van der Waals surface area (Å²) in [6, 6.07) is 13.0. The smallest absolute Gasteiger partial charge is 0.326 e. The van der Waals surface area contributed by atoms with E-state index in [9.17, 15) is 14.0 Å². The number of ether oxygens (including phenoxy) is 1. The van der Waals surface area contributed by atoms with Gasteiger partial charge in [-0.25, -0.2) is 14.2 Å². The molecule has 2 N–H and O–H groups in total. The number of piperidine rings is 1. The SMILES string of the molecule is CC(C)(C)OC(=O)C(C)(C)N1CCC(c2ncc(-c3ccc(NC(=O)Nc4ccccc4F)cc3)s2)CC1. The topological polar surface area (TPSA) is 83.6 Å². The van der Waals surface area contributed by atoms with Crippen LogP contribution in [0.2, 0.25) is 0 Å². The normalized spacial score (nSPS) is 15.2. The van der Waals surface area contributed by atoms with Crippen molar-refractivity contribution in [3.63, 3.8) is 0 Å². The third kappa shape index (κ3) is 6.76. The Bertz CT molecular complexity index is 1280. The number of benzene rings is 2. The molecule has 1 fully saturated rings. The van der Waals surface area contributed by atoms with Crippen LogP contribution in [0.4, 0.5) is 20.6 Å². The van der Waals surface area contributed by atoms with Crippen LogP contribution >= 0.6 is 11.3 Å². The van der Waals surface area contributed by atoms with Gasteiger partial charge in [-0.15, -0.1) is 11.3 Å². The lowest BCUT2D eigenvalue weighted by atomic mass is 9.92. The zero-order valence-electron chi connectivity index (χ0n) is 22.5. The van der Waals surface area contributed by atoms with Gasteiger partial charge in [-0.05, 0) is 90.4 Å². The van der Waals surface area contributed by atoms with E-state index >= 15 is 0 Å². The summed E-state index contributed by atoms with van der Waals surface area (Å²) in [6.45, 7) is 11.2. The third-order valence-electron chi connectivity index (χ3n) is 6.61. The highest BCUT2D eigenvalue weighted by Crippen LogP contribution is 2.37. The van der Waals surface area contributed by atoms with Crippen molar-refractivity contribution in [2.45, 2.75) is 64.5 Å². The van der Waals surface area contributed by atoms with Gasteiger partial charge < -0.3 is 15.4 Å². The number of aromatic nitrogens is 1. The van der Waals surface area contributed by atoms with Gasteiger partial charge in [-0.3, -0.25) is 9.69 Å². The molecule has 3 aromatic rings. The molecule has 202 valence electrons. The van der Waals surface area contributed by atoms with Crippen molar-refractivity contribution in [1.82, 2.24) is 9.88 Å². The van der Waals surface area contributed by atoms with E-state index in [2.05, 4.69) is 15.5 Å². The zero-order valence-corrected chi connectivity index (χ0v) is 23.3. The fourth-order valence-corrected chi connectivity index (χ4v) is 5.48. The number of esters is 1. The quantitative estimate of drug-likeness (QED) is 0.334. The zero-order chi connectivity index (χ0) is 27.5. The summed E-state index contributed by atoms with van der Waals surface area (Å²) in [5.41, 5.74) is 0.558. The highest BCUT2D eigenvalue weighted by molar-refractivity contribution is 7.15. The Hall–Kier alpha value is -3.30. The van der Waals surface area contributed by atoms with Crippen molar-refractivity contribution in [3.8, 4) is 10.4 Å². The molecule has 0 atom stereocenters. The molecule has 38 heavy (non-hydrogen) atoms. The van der Waals surface area contributed by atoms with Crippen molar-refractivity contribution >= 4 is 34.7 Å². The van der Waals surface area contributed by atoms with Crippen molar-refractivity contribution in [2.75, 3.05) is 23.7 Å². The molecule has 0 spiro atoms. The van der Waals surface area contributed by atoms with Gasteiger partial charge in [0.1, 0.15) is 17.0 Å². The number of carbonyl (C=O) groups excluding carboxylic acids is 2. The summed E-state index contributed by atoms with van der Waals surface area (Å²) in [5.74, 6) is -0.332. The van der Waals surface area contributed by atoms with E-state index in [-0.39, 0.29) is 11.7 Å². The molecule has 0 unspecified atom stereocenters. The second kappa shape index (κ2) is 11.2. The number of halogens is 1. The maximum Gasteiger partial charge on any atom is 0.326 e. The van der Waals surface area contributed by atoms with Crippen molar-refractivity contribution in [2.24, 2.45) is 0 Å². The lowest BCUT2D eigenvalue weighted by molar-refractivity contribution is -0.168. The summed E-state index contributed by atoms with van der Waals surface area (Å²) < 4.78 is 19.4. The second-order valence-corrected chi connectivity index (χ2v) is 12.1. The molecule has 0 aliphatic carbocycles. The molecule has 4 rings (SSSR count). The minimum absolute atomic E-state index is 0.123. The molecular formula is C29H35FN4O3S. The highest BCUT2D eigenvalue weighted by Gasteiger charge is 2.40. The number of para-hydroxylation sites is 1. The number of likely N-dealkylation sites (tertiary alicyclic amines) is 1. The molecule has 0 radical (unpaired) electrons. The molecule has 9 heteroatoms. The molecular weight excluding hydrogens is 503 g/mol. The van der Waals surface area contributed by atoms with Crippen LogP contribution in [0.1, 0.15) is 58.4 Å². The average molecular weight is 539 g/mol. The molecule has 7 nitrogen and oxygen atoms in total. The molecule has 2 heterocycles. The number of thiazole rings is 1. The number of hydrogen-bond donors (Lipinski definition) is 2. The number of urea groups is 1. The first-order chi connectivity index (χ1) is 17.9. The molecule has 0 saturated carbocycles. The lowest BCUT2D eigenvalue weighted by Gasteiger charge is -2.41. The molecule has 2 amide bonds. The van der Waals surface area contributed by atoms with Gasteiger partial charge in [0.2, 0.25) is 0 Å². The number of anilines is 2. The Morgan fingerprint density at radius 2 is 1.66 bits per heavy atom. The predicted molar refractivity (Wildman–Crippen MR) is 150 cm³/mol. The molecule has 1 aliphatic rings. The van der Waals surface area contributed by atoms with E-state index in [4.69, 9.17) is 9.72 Å². The van der Waals surface area contributed by atoms with E-state index in [1.165, 1.54) is 12.1 Å². The first-order valence-electron chi connectivity index (χ1n) is 12.8. The van der Waals surface area contributed by atoms with E-state index in [0.29, 0.717) is 11.6 Å². The number of rotatable bonds is 6. The molecule has 0 bridgehead atoms. The summed E-state index contributed by atoms with van der Waals surface area (Å²) in [4.78, 5) is 32.9. The van der Waals surface area contributed by atoms with Crippen LogP contribution in [0.25, 0.3) is 10.4 Å². The van der Waals surface area contributed by atoms with Gasteiger partial charge >= 0.3 is 12.0 Å². The van der Waals surface area contributed by atoms with Crippen LogP contribution in [-0.2, 0) is 9.53 Å². The number of nitrogens with one attached hydrogen (secondary N) is 2. The van der Waals surface area contributed by atoms with Crippen molar-refractivity contribution in [1.29, 1.82) is 0 Å². The van der Waals surface area contributed by atoms with E-state index in [0.717, 1.165) is 41.4 Å². The maximum absolute atomic E-state index is 13.8. The van der Waals surface area contributed by atoms with Crippen LogP contribution in [0.15, 0.2) is 54.7 Å². The van der Waals surface area contributed by atoms with Gasteiger partial charge in [0.05, 0.1) is 15.6 Å². The fourth-order valence-electron chi connectivity index (χ4n) is 4.39. The minimum Gasteiger partial charge on any atom is -0.459 e. The Kier molecular flexibility index (Phi) is 8.18. The van der Waals surface area contributed by atoms with Crippen molar-refractivity contribution in [3.05, 3.63) is 65.6 Å². The highest BCUT2D eigenvalue weighted by atomic mass is 32.1. The fraction of sp³-hybridized carbons (Fsp3) is 0.414. The van der Waals surface area contributed by atoms with Crippen LogP contribution in [0.5, 0.6) is 0 Å². The lowest BCUT2D eigenvalue weighted by Crippen LogP contribution is -2.54. The van der Waals surface area contributed by atoms with Gasteiger partial charge in [0, 0.05) is 17.8 Å². The summed E-state index contributed by atoms with van der Waals surface area (Å²) >= 11 is 1.68. The van der Waals surface area contributed by atoms with Crippen molar-refractivity contribution < 1.29 is 18.7 Å². The Morgan fingerprint density at radius 1 is 1.00 bits per heavy atom. The number of amides is 2. The summed E-state index contributed by atoms with van der Waals surface area (Å²) in [7, 11) is 0. The number of nitrogens with zero attached hydrogens (tertiary/aromatic N) is 2. The van der Waals surface area contributed by atoms with E-state index in [1.807, 2.05) is 65.1 Å². The van der Waals surface area contributed by atoms with Crippen LogP contribution < -0.4 is 10.6 Å². The average Bonchev–Trinajstić information content (AvgIpc) is 3.35. The first-order valence-corrected chi connectivity index (χ1v) is 13.6. The maximum atomic E-state index is 13.8. The second-order valence-electron chi connectivity index (χ2n) is 11.0. The predicted octanol–water partition coefficient (Wildman–Crippen LogP) is 6.89. The van der Waals surface area contributed by atoms with E-state index in [1.54, 1.807) is 23.5 Å². The van der Waals surface area contributed by atoms with Gasteiger partial charge in [0.25, 0.3) is 0 Å². The molecule has 2 aromatic carbocycles. The largest absolute Gasteiger partial charge is 0.459 e. The van der Waals surface area contributed by atoms with Crippen LogP contribution in [0, 0.1) is 5.82 Å². The Balaban J connectivity index is 1.32.